The van der Waals surface area contributed by atoms with Crippen molar-refractivity contribution in [3.8, 4) is 12.3 Å². The molecular weight excluding hydrogens is 238 g/mol. The van der Waals surface area contributed by atoms with Crippen LogP contribution in [0.4, 0.5) is 0 Å². The molecule has 1 aromatic carbocycles. The van der Waals surface area contributed by atoms with E-state index in [-0.39, 0.29) is 12.2 Å². The van der Waals surface area contributed by atoms with Crippen LogP contribution in [0.1, 0.15) is 12.0 Å². The van der Waals surface area contributed by atoms with E-state index in [1.165, 1.54) is 0 Å². The number of hydrogen-bond donors (Lipinski definition) is 1. The van der Waals surface area contributed by atoms with Gasteiger partial charge in [0.15, 0.2) is 0 Å². The summed E-state index contributed by atoms with van der Waals surface area (Å²) < 4.78 is 27.0. The summed E-state index contributed by atoms with van der Waals surface area (Å²) in [4.78, 5) is 0. The van der Waals surface area contributed by atoms with Crippen LogP contribution < -0.4 is 5.48 Å². The summed E-state index contributed by atoms with van der Waals surface area (Å²) in [5.41, 5.74) is 3.54. The second-order valence-corrected chi connectivity index (χ2v) is 5.12. The molecule has 4 nitrogen and oxygen atoms in total. The topological polar surface area (TPSA) is 55.4 Å². The molecule has 1 rings (SSSR count). The van der Waals surface area contributed by atoms with Gasteiger partial charge in [0.1, 0.15) is 0 Å². The van der Waals surface area contributed by atoms with Crippen molar-refractivity contribution >= 4 is 10.1 Å². The van der Waals surface area contributed by atoms with Gasteiger partial charge >= 0.3 is 0 Å². The summed E-state index contributed by atoms with van der Waals surface area (Å²) in [6, 6.07) is 9.72. The Kier molecular flexibility index (Phi) is 5.70. The molecule has 1 aromatic rings. The number of terminal acetylenes is 1. The van der Waals surface area contributed by atoms with E-state index in [1.807, 2.05) is 30.3 Å². The molecule has 0 aliphatic rings. The Labute approximate surface area is 102 Å². The van der Waals surface area contributed by atoms with Crippen molar-refractivity contribution in [3.63, 3.8) is 0 Å². The van der Waals surface area contributed by atoms with Crippen molar-refractivity contribution in [2.45, 2.75) is 12.8 Å². The molecule has 17 heavy (non-hydrogen) atoms. The van der Waals surface area contributed by atoms with Gasteiger partial charge in [-0.3, -0.25) is 0 Å². The third-order valence-corrected chi connectivity index (χ3v) is 3.12. The van der Waals surface area contributed by atoms with Crippen molar-refractivity contribution in [3.05, 3.63) is 35.9 Å². The molecule has 0 saturated heterocycles. The minimum absolute atomic E-state index is 0.155. The third-order valence-electron chi connectivity index (χ3n) is 2.04. The predicted molar refractivity (Wildman–Crippen MR) is 66.5 cm³/mol. The predicted octanol–water partition coefficient (Wildman–Crippen LogP) is 1.10. The lowest BCUT2D eigenvalue weighted by Crippen LogP contribution is -2.24. The monoisotopic (exact) mass is 253 g/mol. The lowest BCUT2D eigenvalue weighted by atomic mass is 10.2. The zero-order valence-electron chi connectivity index (χ0n) is 9.43. The normalized spacial score (nSPS) is 11.0. The highest BCUT2D eigenvalue weighted by Gasteiger charge is 2.09. The van der Waals surface area contributed by atoms with Crippen molar-refractivity contribution < 1.29 is 12.7 Å². The van der Waals surface area contributed by atoms with Gasteiger partial charge in [-0.15, -0.1) is 12.3 Å². The summed E-state index contributed by atoms with van der Waals surface area (Å²) in [6.45, 7) is 0.430. The molecule has 0 heterocycles. The smallest absolute Gasteiger partial charge is 0.198 e. The first-order valence-electron chi connectivity index (χ1n) is 5.25. The van der Waals surface area contributed by atoms with Crippen LogP contribution in [0.2, 0.25) is 0 Å². The van der Waals surface area contributed by atoms with E-state index in [4.69, 9.17) is 6.42 Å². The van der Waals surface area contributed by atoms with Crippen molar-refractivity contribution in [2.75, 3.05) is 12.3 Å². The highest BCUT2D eigenvalue weighted by atomic mass is 32.2. The fraction of sp³-hybridized carbons (Fsp3) is 0.333. The number of rotatable bonds is 7. The first kappa shape index (κ1) is 13.7. The molecule has 0 fully saturated rings. The first-order valence-corrected chi connectivity index (χ1v) is 6.83. The van der Waals surface area contributed by atoms with E-state index in [2.05, 4.69) is 15.7 Å². The quantitative estimate of drug-likeness (QED) is 0.449. The van der Waals surface area contributed by atoms with E-state index >= 15 is 0 Å². The summed E-state index contributed by atoms with van der Waals surface area (Å²) >= 11 is 0. The molecule has 5 heteroatoms. The molecule has 0 radical (unpaired) electrons. The average Bonchev–Trinajstić information content (AvgIpc) is 2.34. The second kappa shape index (κ2) is 7.07. The second-order valence-electron chi connectivity index (χ2n) is 3.43. The standard InChI is InChI=1S/C12H15NO3S/c1-2-3-11-17(14,15)16-13-10-9-12-7-5-4-6-8-12/h1,4-8,13H,3,9-11H2. The molecule has 0 saturated carbocycles. The molecule has 92 valence electrons. The van der Waals surface area contributed by atoms with Crippen LogP contribution in [0, 0.1) is 12.3 Å². The van der Waals surface area contributed by atoms with Gasteiger partial charge in [0.2, 0.25) is 0 Å². The number of nitrogens with one attached hydrogen (secondary N) is 1. The lowest BCUT2D eigenvalue weighted by Gasteiger charge is -2.05. The number of hydroxylamine groups is 1. The van der Waals surface area contributed by atoms with Crippen LogP contribution in [0.25, 0.3) is 0 Å². The minimum atomic E-state index is -3.55. The fourth-order valence-corrected chi connectivity index (χ4v) is 1.91. The summed E-state index contributed by atoms with van der Waals surface area (Å²) in [6.07, 6.45) is 5.83. The molecular formula is C12H15NO3S. The van der Waals surface area contributed by atoms with Gasteiger partial charge in [-0.1, -0.05) is 30.3 Å². The zero-order chi connectivity index (χ0) is 12.6. The highest BCUT2D eigenvalue weighted by Crippen LogP contribution is 1.99. The summed E-state index contributed by atoms with van der Waals surface area (Å²) in [7, 11) is -3.55. The Bertz CT molecular complexity index is 462. The Morgan fingerprint density at radius 2 is 2.00 bits per heavy atom. The maximum atomic E-state index is 11.2. The summed E-state index contributed by atoms with van der Waals surface area (Å²) in [5.74, 6) is 2.09. The molecule has 0 aliphatic carbocycles. The van der Waals surface area contributed by atoms with Gasteiger partial charge < -0.3 is 0 Å². The van der Waals surface area contributed by atoms with E-state index in [0.717, 1.165) is 5.56 Å². The molecule has 1 N–H and O–H groups in total. The van der Waals surface area contributed by atoms with Crippen molar-refractivity contribution in [2.24, 2.45) is 0 Å². The SMILES string of the molecule is C#CCCS(=O)(=O)ONCCc1ccccc1. The van der Waals surface area contributed by atoms with Gasteiger partial charge in [-0.2, -0.15) is 18.2 Å². The number of hydrogen-bond acceptors (Lipinski definition) is 4. The molecule has 0 aliphatic heterocycles. The van der Waals surface area contributed by atoms with Crippen LogP contribution in [0.3, 0.4) is 0 Å². The lowest BCUT2D eigenvalue weighted by molar-refractivity contribution is 0.205. The van der Waals surface area contributed by atoms with Crippen LogP contribution in [-0.4, -0.2) is 20.7 Å². The van der Waals surface area contributed by atoms with Crippen molar-refractivity contribution in [1.82, 2.24) is 5.48 Å². The van der Waals surface area contributed by atoms with Crippen LogP contribution in [0.15, 0.2) is 30.3 Å². The molecule has 0 bridgehead atoms. The van der Waals surface area contributed by atoms with Gasteiger partial charge in [-0.25, -0.2) is 0 Å². The van der Waals surface area contributed by atoms with E-state index in [0.29, 0.717) is 13.0 Å². The van der Waals surface area contributed by atoms with Gasteiger partial charge in [0.25, 0.3) is 10.1 Å². The van der Waals surface area contributed by atoms with Crippen LogP contribution in [-0.2, 0) is 20.8 Å². The molecule has 0 atom stereocenters. The van der Waals surface area contributed by atoms with Gasteiger partial charge in [-0.05, 0) is 12.0 Å². The maximum Gasteiger partial charge on any atom is 0.284 e. The third kappa shape index (κ3) is 6.07. The van der Waals surface area contributed by atoms with E-state index in [1.54, 1.807) is 0 Å². The van der Waals surface area contributed by atoms with Gasteiger partial charge in [0.05, 0.1) is 5.75 Å². The minimum Gasteiger partial charge on any atom is -0.198 e. The molecule has 0 unspecified atom stereocenters. The molecule has 0 amide bonds. The first-order chi connectivity index (χ1) is 8.14. The average molecular weight is 253 g/mol. The Morgan fingerprint density at radius 1 is 1.29 bits per heavy atom. The molecule has 0 spiro atoms. The van der Waals surface area contributed by atoms with E-state index < -0.39 is 10.1 Å². The zero-order valence-corrected chi connectivity index (χ0v) is 10.2. The van der Waals surface area contributed by atoms with E-state index in [9.17, 15) is 8.42 Å². The largest absolute Gasteiger partial charge is 0.284 e. The highest BCUT2D eigenvalue weighted by molar-refractivity contribution is 7.86. The maximum absolute atomic E-state index is 11.2. The fourth-order valence-electron chi connectivity index (χ4n) is 1.20. The summed E-state index contributed by atoms with van der Waals surface area (Å²) in [5, 5.41) is 0. The Hall–Kier alpha value is -1.35. The molecule has 0 aromatic heterocycles. The Morgan fingerprint density at radius 3 is 2.65 bits per heavy atom. The Balaban J connectivity index is 2.23. The van der Waals surface area contributed by atoms with Crippen LogP contribution in [0.5, 0.6) is 0 Å². The number of benzene rings is 1. The van der Waals surface area contributed by atoms with Crippen molar-refractivity contribution in [1.29, 1.82) is 0 Å². The van der Waals surface area contributed by atoms with Gasteiger partial charge in [0, 0.05) is 13.0 Å². The van der Waals surface area contributed by atoms with Crippen LogP contribution >= 0.6 is 0 Å².